The quantitative estimate of drug-likeness (QED) is 0.478. The largest absolute Gasteiger partial charge is 0.467 e. The number of aromatic nitrogens is 1. The second kappa shape index (κ2) is 8.11. The lowest BCUT2D eigenvalue weighted by Crippen LogP contribution is -2.23. The van der Waals surface area contributed by atoms with Crippen molar-refractivity contribution in [2.75, 3.05) is 0 Å². The van der Waals surface area contributed by atoms with Crippen LogP contribution in [0.1, 0.15) is 22.7 Å². The molecule has 5 nitrogen and oxygen atoms in total. The van der Waals surface area contributed by atoms with Gasteiger partial charge in [0.1, 0.15) is 17.4 Å². The Morgan fingerprint density at radius 3 is 2.67 bits per heavy atom. The molecule has 6 heteroatoms. The van der Waals surface area contributed by atoms with E-state index in [1.807, 2.05) is 50.2 Å². The van der Waals surface area contributed by atoms with Crippen LogP contribution in [0.2, 0.25) is 0 Å². The first-order valence-electron chi connectivity index (χ1n) is 8.37. The number of rotatable bonds is 5. The van der Waals surface area contributed by atoms with Gasteiger partial charge in [0.15, 0.2) is 0 Å². The minimum Gasteiger partial charge on any atom is -0.467 e. The Bertz CT molecular complexity index is 1020. The SMILES string of the molecule is Cc1cc(/C=C(\C#N)C(=O)NCc2ccco2)c(C)n1-c1ccc(Br)cc1. The van der Waals surface area contributed by atoms with Gasteiger partial charge in [-0.05, 0) is 68.0 Å². The molecule has 2 aromatic heterocycles. The number of hydrogen-bond acceptors (Lipinski definition) is 3. The molecular formula is C21H18BrN3O2. The molecule has 0 aliphatic carbocycles. The van der Waals surface area contributed by atoms with E-state index in [1.54, 1.807) is 24.5 Å². The van der Waals surface area contributed by atoms with E-state index in [-0.39, 0.29) is 12.1 Å². The van der Waals surface area contributed by atoms with Gasteiger partial charge in [0.25, 0.3) is 5.91 Å². The van der Waals surface area contributed by atoms with Crippen LogP contribution in [0.15, 0.2) is 63.2 Å². The molecule has 1 N–H and O–H groups in total. The maximum atomic E-state index is 12.3. The average molecular weight is 424 g/mol. The summed E-state index contributed by atoms with van der Waals surface area (Å²) in [5, 5.41) is 12.1. The molecule has 0 atom stereocenters. The van der Waals surface area contributed by atoms with Crippen molar-refractivity contribution >= 4 is 27.9 Å². The van der Waals surface area contributed by atoms with E-state index >= 15 is 0 Å². The highest BCUT2D eigenvalue weighted by Gasteiger charge is 2.14. The van der Waals surface area contributed by atoms with E-state index in [0.717, 1.165) is 27.1 Å². The Morgan fingerprint density at radius 2 is 2.04 bits per heavy atom. The maximum Gasteiger partial charge on any atom is 0.262 e. The lowest BCUT2D eigenvalue weighted by Gasteiger charge is -2.09. The van der Waals surface area contributed by atoms with Crippen molar-refractivity contribution in [1.82, 2.24) is 9.88 Å². The van der Waals surface area contributed by atoms with Gasteiger partial charge in [0, 0.05) is 21.5 Å². The molecule has 3 aromatic rings. The Balaban J connectivity index is 1.86. The number of nitrogens with one attached hydrogen (secondary N) is 1. The molecule has 0 unspecified atom stereocenters. The molecule has 0 saturated carbocycles. The summed E-state index contributed by atoms with van der Waals surface area (Å²) in [6.07, 6.45) is 3.16. The van der Waals surface area contributed by atoms with Crippen LogP contribution < -0.4 is 5.32 Å². The van der Waals surface area contributed by atoms with Crippen LogP contribution in [0.4, 0.5) is 0 Å². The molecule has 0 saturated heterocycles. The molecule has 27 heavy (non-hydrogen) atoms. The number of halogens is 1. The second-order valence-corrected chi connectivity index (χ2v) is 6.99. The van der Waals surface area contributed by atoms with Crippen LogP contribution in [0, 0.1) is 25.2 Å². The number of benzene rings is 1. The molecule has 3 rings (SSSR count). The average Bonchev–Trinajstić information content (AvgIpc) is 3.27. The molecule has 0 fully saturated rings. The zero-order valence-electron chi connectivity index (χ0n) is 15.0. The van der Waals surface area contributed by atoms with E-state index in [4.69, 9.17) is 4.42 Å². The standard InChI is InChI=1S/C21H18BrN3O2/c1-14-10-16(15(2)25(14)19-7-5-18(22)6-8-19)11-17(12-23)21(26)24-13-20-4-3-9-27-20/h3-11H,13H2,1-2H3,(H,24,26)/b17-11+. The van der Waals surface area contributed by atoms with Gasteiger partial charge >= 0.3 is 0 Å². The normalized spacial score (nSPS) is 11.3. The number of amides is 1. The number of nitrogens with zero attached hydrogens (tertiary/aromatic N) is 2. The lowest BCUT2D eigenvalue weighted by atomic mass is 10.1. The van der Waals surface area contributed by atoms with Gasteiger partial charge in [0.2, 0.25) is 0 Å². The van der Waals surface area contributed by atoms with Crippen molar-refractivity contribution in [1.29, 1.82) is 5.26 Å². The highest BCUT2D eigenvalue weighted by atomic mass is 79.9. The molecular weight excluding hydrogens is 406 g/mol. The van der Waals surface area contributed by atoms with Gasteiger partial charge in [0.05, 0.1) is 12.8 Å². The summed E-state index contributed by atoms with van der Waals surface area (Å²) >= 11 is 3.44. The summed E-state index contributed by atoms with van der Waals surface area (Å²) in [7, 11) is 0. The first-order valence-corrected chi connectivity index (χ1v) is 9.16. The number of aryl methyl sites for hydroxylation is 1. The molecule has 0 aliphatic rings. The lowest BCUT2D eigenvalue weighted by molar-refractivity contribution is -0.117. The van der Waals surface area contributed by atoms with Gasteiger partial charge in [-0.25, -0.2) is 0 Å². The number of nitriles is 1. The Labute approximate surface area is 166 Å². The molecule has 136 valence electrons. The molecule has 1 amide bonds. The van der Waals surface area contributed by atoms with Gasteiger partial charge in [-0.2, -0.15) is 5.26 Å². The Hall–Kier alpha value is -3.04. The Kier molecular flexibility index (Phi) is 5.63. The first kappa shape index (κ1) is 18.7. The number of hydrogen-bond donors (Lipinski definition) is 1. The maximum absolute atomic E-state index is 12.3. The third-order valence-corrected chi connectivity index (χ3v) is 4.75. The summed E-state index contributed by atoms with van der Waals surface area (Å²) in [5.74, 6) is 0.205. The van der Waals surface area contributed by atoms with E-state index in [2.05, 4.69) is 25.8 Å². The van der Waals surface area contributed by atoms with Crippen molar-refractivity contribution in [3.8, 4) is 11.8 Å². The highest BCUT2D eigenvalue weighted by molar-refractivity contribution is 9.10. The van der Waals surface area contributed by atoms with Crippen molar-refractivity contribution in [3.05, 3.63) is 81.5 Å². The second-order valence-electron chi connectivity index (χ2n) is 6.07. The molecule has 0 aliphatic heterocycles. The fourth-order valence-corrected chi connectivity index (χ4v) is 3.17. The smallest absolute Gasteiger partial charge is 0.262 e. The number of carbonyl (C=O) groups excluding carboxylic acids is 1. The summed E-state index contributed by atoms with van der Waals surface area (Å²) in [4.78, 5) is 12.3. The minimum atomic E-state index is -0.428. The van der Waals surface area contributed by atoms with E-state index < -0.39 is 5.91 Å². The summed E-state index contributed by atoms with van der Waals surface area (Å²) in [6, 6.07) is 15.5. The van der Waals surface area contributed by atoms with Gasteiger partial charge in [-0.3, -0.25) is 4.79 Å². The number of carbonyl (C=O) groups is 1. The van der Waals surface area contributed by atoms with Gasteiger partial charge < -0.3 is 14.3 Å². The molecule has 1 aromatic carbocycles. The van der Waals surface area contributed by atoms with Crippen LogP contribution in [0.3, 0.4) is 0 Å². The van der Waals surface area contributed by atoms with Crippen molar-refractivity contribution in [2.45, 2.75) is 20.4 Å². The van der Waals surface area contributed by atoms with E-state index in [1.165, 1.54) is 0 Å². The molecule has 0 bridgehead atoms. The van der Waals surface area contributed by atoms with Crippen molar-refractivity contribution < 1.29 is 9.21 Å². The minimum absolute atomic E-state index is 0.0533. The highest BCUT2D eigenvalue weighted by Crippen LogP contribution is 2.24. The van der Waals surface area contributed by atoms with Crippen LogP contribution >= 0.6 is 15.9 Å². The predicted molar refractivity (Wildman–Crippen MR) is 107 cm³/mol. The van der Waals surface area contributed by atoms with E-state index in [0.29, 0.717) is 5.76 Å². The monoisotopic (exact) mass is 423 g/mol. The van der Waals surface area contributed by atoms with Gasteiger partial charge in [-0.1, -0.05) is 15.9 Å². The molecule has 2 heterocycles. The summed E-state index contributed by atoms with van der Waals surface area (Å²) in [6.45, 7) is 4.20. The van der Waals surface area contributed by atoms with Gasteiger partial charge in [-0.15, -0.1) is 0 Å². The fraction of sp³-hybridized carbons (Fsp3) is 0.143. The van der Waals surface area contributed by atoms with Crippen molar-refractivity contribution in [3.63, 3.8) is 0 Å². The first-order chi connectivity index (χ1) is 13.0. The van der Waals surface area contributed by atoms with Crippen LogP contribution in [0.25, 0.3) is 11.8 Å². The topological polar surface area (TPSA) is 71.0 Å². The van der Waals surface area contributed by atoms with E-state index in [9.17, 15) is 10.1 Å². The summed E-state index contributed by atoms with van der Waals surface area (Å²) in [5.41, 5.74) is 3.89. The molecule has 0 radical (unpaired) electrons. The predicted octanol–water partition coefficient (Wildman–Crippen LogP) is 4.67. The van der Waals surface area contributed by atoms with Crippen LogP contribution in [0.5, 0.6) is 0 Å². The number of furan rings is 1. The summed E-state index contributed by atoms with van der Waals surface area (Å²) < 4.78 is 8.29. The van der Waals surface area contributed by atoms with Crippen LogP contribution in [-0.2, 0) is 11.3 Å². The zero-order chi connectivity index (χ0) is 19.4. The zero-order valence-corrected chi connectivity index (χ0v) is 16.6. The fourth-order valence-electron chi connectivity index (χ4n) is 2.90. The third-order valence-electron chi connectivity index (χ3n) is 4.22. The van der Waals surface area contributed by atoms with Crippen molar-refractivity contribution in [2.24, 2.45) is 0 Å². The molecule has 0 spiro atoms. The Morgan fingerprint density at radius 1 is 1.30 bits per heavy atom. The third kappa shape index (κ3) is 4.21. The van der Waals surface area contributed by atoms with Crippen LogP contribution in [-0.4, -0.2) is 10.5 Å².